The molecule has 29 heavy (non-hydrogen) atoms. The molecule has 0 saturated carbocycles. The molecule has 1 aromatic carbocycles. The zero-order valence-electron chi connectivity index (χ0n) is 16.7. The maximum atomic E-state index is 13.5. The lowest BCUT2D eigenvalue weighted by molar-refractivity contribution is -0.141. The molecule has 3 heterocycles. The van der Waals surface area contributed by atoms with E-state index in [9.17, 15) is 14.3 Å². The van der Waals surface area contributed by atoms with Crippen molar-refractivity contribution in [3.8, 4) is 0 Å². The third kappa shape index (κ3) is 4.19. The number of piperidine rings is 1. The van der Waals surface area contributed by atoms with Crippen LogP contribution in [0.25, 0.3) is 11.0 Å². The molecule has 1 amide bonds. The summed E-state index contributed by atoms with van der Waals surface area (Å²) < 4.78 is 13.5. The predicted molar refractivity (Wildman–Crippen MR) is 108 cm³/mol. The number of carbonyl (C=O) groups is 1. The van der Waals surface area contributed by atoms with Gasteiger partial charge >= 0.3 is 0 Å². The van der Waals surface area contributed by atoms with Crippen molar-refractivity contribution < 1.29 is 14.3 Å². The van der Waals surface area contributed by atoms with E-state index in [1.807, 2.05) is 16.7 Å². The molecule has 0 aliphatic carbocycles. The van der Waals surface area contributed by atoms with Gasteiger partial charge in [0.25, 0.3) is 0 Å². The number of aromatic amines is 1. The van der Waals surface area contributed by atoms with Crippen LogP contribution in [-0.2, 0) is 4.79 Å². The van der Waals surface area contributed by atoms with Crippen molar-refractivity contribution in [2.45, 2.75) is 32.0 Å². The summed E-state index contributed by atoms with van der Waals surface area (Å²) in [5.41, 5.74) is 2.05. The molecule has 1 aromatic heterocycles. The molecule has 3 N–H and O–H groups in total. The van der Waals surface area contributed by atoms with Gasteiger partial charge in [-0.3, -0.25) is 9.69 Å². The predicted octanol–water partition coefficient (Wildman–Crippen LogP) is 1.78. The Bertz CT molecular complexity index is 910. The van der Waals surface area contributed by atoms with Crippen LogP contribution in [0.3, 0.4) is 0 Å². The van der Waals surface area contributed by atoms with E-state index in [4.69, 9.17) is 0 Å². The molecular formula is C21H28FN5O2. The van der Waals surface area contributed by atoms with Crippen LogP contribution in [0.15, 0.2) is 30.4 Å². The third-order valence-electron chi connectivity index (χ3n) is 5.79. The summed E-state index contributed by atoms with van der Waals surface area (Å²) >= 11 is 0. The number of fused-ring (bicyclic) bond motifs is 1. The van der Waals surface area contributed by atoms with Crippen molar-refractivity contribution in [2.75, 3.05) is 32.7 Å². The van der Waals surface area contributed by atoms with Gasteiger partial charge in [0, 0.05) is 38.8 Å². The lowest BCUT2D eigenvalue weighted by atomic mass is 9.92. The number of hydrogen-bond donors (Lipinski definition) is 3. The second-order valence-electron chi connectivity index (χ2n) is 8.21. The van der Waals surface area contributed by atoms with Crippen LogP contribution < -0.4 is 5.32 Å². The number of nitrogens with zero attached hydrogens (tertiary/aromatic N) is 3. The maximum absolute atomic E-state index is 13.5. The first-order valence-electron chi connectivity index (χ1n) is 10.1. The number of aliphatic hydroxyl groups is 1. The Kier molecular flexibility index (Phi) is 5.67. The van der Waals surface area contributed by atoms with Crippen molar-refractivity contribution in [3.05, 3.63) is 42.0 Å². The van der Waals surface area contributed by atoms with Crippen molar-refractivity contribution >= 4 is 16.9 Å². The van der Waals surface area contributed by atoms with Gasteiger partial charge in [0.05, 0.1) is 17.0 Å². The Balaban J connectivity index is 1.55. The summed E-state index contributed by atoms with van der Waals surface area (Å²) in [7, 11) is 0. The van der Waals surface area contributed by atoms with Crippen LogP contribution in [-0.4, -0.2) is 69.5 Å². The van der Waals surface area contributed by atoms with Crippen LogP contribution in [0.5, 0.6) is 0 Å². The molecule has 2 aliphatic rings. The fourth-order valence-corrected chi connectivity index (χ4v) is 4.16. The van der Waals surface area contributed by atoms with E-state index in [0.717, 1.165) is 25.1 Å². The summed E-state index contributed by atoms with van der Waals surface area (Å²) in [5, 5.41) is 14.5. The SMILES string of the molecule is C=C(C)CN(C1CNCC(C(=O)N2CCC2)C1)C(O)c1nc2ccc(F)cc2[nH]1. The topological polar surface area (TPSA) is 84.5 Å². The Hall–Kier alpha value is -2.29. The van der Waals surface area contributed by atoms with Crippen LogP contribution >= 0.6 is 0 Å². The van der Waals surface area contributed by atoms with Gasteiger partial charge in [-0.05, 0) is 38.0 Å². The van der Waals surface area contributed by atoms with E-state index in [2.05, 4.69) is 21.9 Å². The van der Waals surface area contributed by atoms with Gasteiger partial charge in [-0.1, -0.05) is 12.2 Å². The minimum Gasteiger partial charge on any atom is -0.371 e. The number of aromatic nitrogens is 2. The minimum absolute atomic E-state index is 0.0457. The van der Waals surface area contributed by atoms with Crippen molar-refractivity contribution in [2.24, 2.45) is 5.92 Å². The van der Waals surface area contributed by atoms with Gasteiger partial charge in [-0.15, -0.1) is 0 Å². The van der Waals surface area contributed by atoms with Crippen molar-refractivity contribution in [1.82, 2.24) is 25.1 Å². The molecule has 4 rings (SSSR count). The number of benzene rings is 1. The highest BCUT2D eigenvalue weighted by Crippen LogP contribution is 2.27. The molecule has 0 radical (unpaired) electrons. The highest BCUT2D eigenvalue weighted by Gasteiger charge is 2.37. The number of nitrogens with one attached hydrogen (secondary N) is 2. The number of hydrogen-bond acceptors (Lipinski definition) is 5. The van der Waals surface area contributed by atoms with Crippen LogP contribution in [0.4, 0.5) is 4.39 Å². The largest absolute Gasteiger partial charge is 0.371 e. The molecule has 2 fully saturated rings. The van der Waals surface area contributed by atoms with Crippen LogP contribution in [0.1, 0.15) is 31.8 Å². The third-order valence-corrected chi connectivity index (χ3v) is 5.79. The van der Waals surface area contributed by atoms with E-state index >= 15 is 0 Å². The first kappa shape index (κ1) is 20.0. The summed E-state index contributed by atoms with van der Waals surface area (Å²) in [6.07, 6.45) is 0.732. The van der Waals surface area contributed by atoms with E-state index in [0.29, 0.717) is 42.9 Å². The van der Waals surface area contributed by atoms with E-state index in [1.165, 1.54) is 12.1 Å². The molecule has 8 heteroatoms. The molecular weight excluding hydrogens is 373 g/mol. The molecule has 2 saturated heterocycles. The Morgan fingerprint density at radius 1 is 1.45 bits per heavy atom. The van der Waals surface area contributed by atoms with Crippen molar-refractivity contribution in [3.63, 3.8) is 0 Å². The van der Waals surface area contributed by atoms with E-state index in [1.54, 1.807) is 6.07 Å². The summed E-state index contributed by atoms with van der Waals surface area (Å²) in [4.78, 5) is 24.0. The first-order valence-corrected chi connectivity index (χ1v) is 10.1. The van der Waals surface area contributed by atoms with Gasteiger partial charge in [-0.2, -0.15) is 0 Å². The highest BCUT2D eigenvalue weighted by molar-refractivity contribution is 5.80. The molecule has 2 aromatic rings. The number of imidazole rings is 1. The van der Waals surface area contributed by atoms with Crippen LogP contribution in [0, 0.1) is 11.7 Å². The van der Waals surface area contributed by atoms with Gasteiger partial charge < -0.3 is 20.3 Å². The second kappa shape index (κ2) is 8.22. The lowest BCUT2D eigenvalue weighted by Gasteiger charge is -2.42. The number of carbonyl (C=O) groups excluding carboxylic acids is 1. The molecule has 2 aliphatic heterocycles. The zero-order chi connectivity index (χ0) is 20.5. The highest BCUT2D eigenvalue weighted by atomic mass is 19.1. The average molecular weight is 401 g/mol. The van der Waals surface area contributed by atoms with Gasteiger partial charge in [-0.25, -0.2) is 9.37 Å². The van der Waals surface area contributed by atoms with Crippen molar-refractivity contribution in [1.29, 1.82) is 0 Å². The lowest BCUT2D eigenvalue weighted by Crippen LogP contribution is -2.55. The fourth-order valence-electron chi connectivity index (χ4n) is 4.16. The second-order valence-corrected chi connectivity index (χ2v) is 8.21. The average Bonchev–Trinajstić information content (AvgIpc) is 3.07. The fraction of sp³-hybridized carbons (Fsp3) is 0.524. The smallest absolute Gasteiger partial charge is 0.227 e. The normalized spacial score (nSPS) is 23.2. The number of rotatable bonds is 6. The first-order chi connectivity index (χ1) is 13.9. The Morgan fingerprint density at radius 2 is 2.24 bits per heavy atom. The summed E-state index contributed by atoms with van der Waals surface area (Å²) in [5.74, 6) is 0.101. The molecule has 3 unspecified atom stereocenters. The van der Waals surface area contributed by atoms with E-state index < -0.39 is 6.23 Å². The quantitative estimate of drug-likeness (QED) is 0.508. The minimum atomic E-state index is -1.01. The number of amides is 1. The van der Waals surface area contributed by atoms with Crippen LogP contribution in [0.2, 0.25) is 0 Å². The number of likely N-dealkylation sites (tertiary alicyclic amines) is 1. The standard InChI is InChI=1S/C21H28FN5O2/c1-13(2)12-27(16-8-14(10-23-11-16)20(28)26-6-3-7-26)21(29)19-24-17-5-4-15(22)9-18(17)25-19/h4-5,9,14,16,21,23,29H,1,3,6-8,10-12H2,2H3,(H,24,25). The molecule has 0 spiro atoms. The number of halogens is 1. The molecule has 0 bridgehead atoms. The molecule has 156 valence electrons. The molecule has 3 atom stereocenters. The molecule has 7 nitrogen and oxygen atoms in total. The van der Waals surface area contributed by atoms with E-state index in [-0.39, 0.29) is 23.7 Å². The summed E-state index contributed by atoms with van der Waals surface area (Å²) in [6.45, 7) is 9.39. The van der Waals surface area contributed by atoms with Gasteiger partial charge in [0.15, 0.2) is 12.1 Å². The monoisotopic (exact) mass is 401 g/mol. The Morgan fingerprint density at radius 3 is 2.93 bits per heavy atom. The number of H-pyrrole nitrogens is 1. The maximum Gasteiger partial charge on any atom is 0.227 e. The number of aliphatic hydroxyl groups excluding tert-OH is 1. The van der Waals surface area contributed by atoms with Gasteiger partial charge in [0.2, 0.25) is 5.91 Å². The Labute approximate surface area is 169 Å². The van der Waals surface area contributed by atoms with Gasteiger partial charge in [0.1, 0.15) is 5.82 Å². The zero-order valence-corrected chi connectivity index (χ0v) is 16.7. The summed E-state index contributed by atoms with van der Waals surface area (Å²) in [6, 6.07) is 4.26.